The van der Waals surface area contributed by atoms with Gasteiger partial charge in [0, 0.05) is 19.1 Å². The third kappa shape index (κ3) is 1.32. The molecule has 62 valence electrons. The van der Waals surface area contributed by atoms with Crippen molar-refractivity contribution in [2.75, 3.05) is 13.6 Å². The lowest BCUT2D eigenvalue weighted by molar-refractivity contribution is 0.477. The van der Waals surface area contributed by atoms with Crippen molar-refractivity contribution in [2.45, 2.75) is 31.8 Å². The van der Waals surface area contributed by atoms with Crippen LogP contribution in [0.25, 0.3) is 0 Å². The molecule has 1 unspecified atom stereocenters. The summed E-state index contributed by atoms with van der Waals surface area (Å²) in [5.41, 5.74) is 0. The molecule has 11 heavy (non-hydrogen) atoms. The Bertz CT molecular complexity index is 184. The molecule has 1 heterocycles. The maximum Gasteiger partial charge on any atom is 0.194 e. The summed E-state index contributed by atoms with van der Waals surface area (Å²) in [4.78, 5) is 6.68. The third-order valence-electron chi connectivity index (χ3n) is 2.32. The molecule has 0 amide bonds. The smallest absolute Gasteiger partial charge is 0.194 e. The van der Waals surface area contributed by atoms with Gasteiger partial charge in [-0.15, -0.1) is 0 Å². The highest BCUT2D eigenvalue weighted by Crippen LogP contribution is 2.25. The number of hydrogen-bond acceptors (Lipinski definition) is 3. The lowest BCUT2D eigenvalue weighted by Gasteiger charge is -2.18. The van der Waals surface area contributed by atoms with Crippen LogP contribution >= 0.6 is 0 Å². The van der Waals surface area contributed by atoms with E-state index in [2.05, 4.69) is 29.2 Å². The zero-order valence-electron chi connectivity index (χ0n) is 7.17. The molecule has 0 spiro atoms. The summed E-state index contributed by atoms with van der Waals surface area (Å²) < 4.78 is 0. The maximum absolute atomic E-state index is 4.41. The summed E-state index contributed by atoms with van der Waals surface area (Å²) in [6, 6.07) is 1.30. The van der Waals surface area contributed by atoms with Crippen LogP contribution in [0.5, 0.6) is 0 Å². The number of rotatable bonds is 1. The van der Waals surface area contributed by atoms with Crippen molar-refractivity contribution >= 4 is 5.96 Å². The largest absolute Gasteiger partial charge is 0.352 e. The molecule has 0 aromatic carbocycles. The summed E-state index contributed by atoms with van der Waals surface area (Å²) in [7, 11) is 2.13. The Kier molecular flexibility index (Phi) is 1.51. The average Bonchev–Trinajstić information content (AvgIpc) is 2.74. The molecule has 1 saturated carbocycles. The lowest BCUT2D eigenvalue weighted by atomic mass is 10.4. The molecule has 1 aliphatic heterocycles. The van der Waals surface area contributed by atoms with E-state index >= 15 is 0 Å². The van der Waals surface area contributed by atoms with E-state index in [4.69, 9.17) is 0 Å². The predicted molar refractivity (Wildman–Crippen MR) is 45.7 cm³/mol. The van der Waals surface area contributed by atoms with Crippen LogP contribution in [0.4, 0.5) is 0 Å². The molecule has 3 nitrogen and oxygen atoms in total. The number of aliphatic imine (C=N–C) groups is 1. The fourth-order valence-electron chi connectivity index (χ4n) is 1.38. The Balaban J connectivity index is 1.93. The molecular weight excluding hydrogens is 138 g/mol. The Morgan fingerprint density at radius 3 is 2.73 bits per heavy atom. The van der Waals surface area contributed by atoms with Gasteiger partial charge in [-0.1, -0.05) is 0 Å². The topological polar surface area (TPSA) is 27.6 Å². The normalized spacial score (nSPS) is 29.6. The Morgan fingerprint density at radius 1 is 1.55 bits per heavy atom. The molecule has 1 aliphatic carbocycles. The Hall–Kier alpha value is -0.730. The first-order valence-electron chi connectivity index (χ1n) is 4.31. The second kappa shape index (κ2) is 2.40. The van der Waals surface area contributed by atoms with Gasteiger partial charge in [0.2, 0.25) is 0 Å². The van der Waals surface area contributed by atoms with Gasteiger partial charge in [-0.3, -0.25) is 4.99 Å². The van der Waals surface area contributed by atoms with Gasteiger partial charge < -0.3 is 10.2 Å². The average molecular weight is 153 g/mol. The SMILES string of the molecule is CC1CN=C(N(C)C2CC2)N1. The summed E-state index contributed by atoms with van der Waals surface area (Å²) in [6.07, 6.45) is 2.68. The van der Waals surface area contributed by atoms with Crippen LogP contribution in [0.1, 0.15) is 19.8 Å². The van der Waals surface area contributed by atoms with Crippen LogP contribution < -0.4 is 5.32 Å². The van der Waals surface area contributed by atoms with Crippen molar-refractivity contribution in [1.29, 1.82) is 0 Å². The molecular formula is C8H15N3. The van der Waals surface area contributed by atoms with E-state index in [0.29, 0.717) is 6.04 Å². The molecule has 0 saturated heterocycles. The second-order valence-corrected chi connectivity index (χ2v) is 3.55. The van der Waals surface area contributed by atoms with Crippen molar-refractivity contribution < 1.29 is 0 Å². The van der Waals surface area contributed by atoms with E-state index in [0.717, 1.165) is 18.5 Å². The standard InChI is InChI=1S/C8H15N3/c1-6-5-9-8(10-6)11(2)7-3-4-7/h6-7H,3-5H2,1-2H3,(H,9,10). The summed E-state index contributed by atoms with van der Waals surface area (Å²) in [5.74, 6) is 1.10. The van der Waals surface area contributed by atoms with Gasteiger partial charge >= 0.3 is 0 Å². The monoisotopic (exact) mass is 153 g/mol. The fraction of sp³-hybridized carbons (Fsp3) is 0.875. The minimum atomic E-state index is 0.534. The van der Waals surface area contributed by atoms with Gasteiger partial charge in [-0.2, -0.15) is 0 Å². The lowest BCUT2D eigenvalue weighted by Crippen LogP contribution is -2.40. The number of hydrogen-bond donors (Lipinski definition) is 1. The number of nitrogens with zero attached hydrogens (tertiary/aromatic N) is 2. The zero-order chi connectivity index (χ0) is 7.84. The maximum atomic E-state index is 4.41. The second-order valence-electron chi connectivity index (χ2n) is 3.55. The minimum Gasteiger partial charge on any atom is -0.352 e. The van der Waals surface area contributed by atoms with Crippen molar-refractivity contribution in [1.82, 2.24) is 10.2 Å². The van der Waals surface area contributed by atoms with Crippen molar-refractivity contribution in [2.24, 2.45) is 4.99 Å². The van der Waals surface area contributed by atoms with Crippen LogP contribution in [0.3, 0.4) is 0 Å². The van der Waals surface area contributed by atoms with Gasteiger partial charge in [0.15, 0.2) is 5.96 Å². The molecule has 1 atom stereocenters. The van der Waals surface area contributed by atoms with E-state index in [1.165, 1.54) is 12.8 Å². The quantitative estimate of drug-likeness (QED) is 0.591. The first kappa shape index (κ1) is 6.95. The molecule has 1 N–H and O–H groups in total. The third-order valence-corrected chi connectivity index (χ3v) is 2.32. The minimum absolute atomic E-state index is 0.534. The highest BCUT2D eigenvalue weighted by Gasteiger charge is 2.30. The summed E-state index contributed by atoms with van der Waals surface area (Å²) in [5, 5.41) is 3.35. The van der Waals surface area contributed by atoms with Crippen LogP contribution in [0, 0.1) is 0 Å². The molecule has 2 rings (SSSR count). The van der Waals surface area contributed by atoms with E-state index in [1.54, 1.807) is 0 Å². The van der Waals surface area contributed by atoms with Crippen molar-refractivity contribution in [3.05, 3.63) is 0 Å². The molecule has 0 radical (unpaired) electrons. The Morgan fingerprint density at radius 2 is 2.27 bits per heavy atom. The molecule has 0 bridgehead atoms. The molecule has 1 fully saturated rings. The van der Waals surface area contributed by atoms with Crippen molar-refractivity contribution in [3.8, 4) is 0 Å². The predicted octanol–water partition coefficient (Wildman–Crippen LogP) is 0.428. The van der Waals surface area contributed by atoms with Crippen molar-refractivity contribution in [3.63, 3.8) is 0 Å². The van der Waals surface area contributed by atoms with Crippen LogP contribution in [0.2, 0.25) is 0 Å². The number of nitrogens with one attached hydrogen (secondary N) is 1. The van der Waals surface area contributed by atoms with Gasteiger partial charge in [0.25, 0.3) is 0 Å². The molecule has 2 aliphatic rings. The highest BCUT2D eigenvalue weighted by molar-refractivity contribution is 5.82. The van der Waals surface area contributed by atoms with E-state index in [1.807, 2.05) is 0 Å². The van der Waals surface area contributed by atoms with Gasteiger partial charge in [-0.05, 0) is 19.8 Å². The number of guanidine groups is 1. The molecule has 0 aromatic heterocycles. The molecule has 0 aromatic rings. The van der Waals surface area contributed by atoms with Crippen LogP contribution in [-0.4, -0.2) is 36.5 Å². The van der Waals surface area contributed by atoms with Gasteiger partial charge in [0.05, 0.1) is 6.54 Å². The zero-order valence-corrected chi connectivity index (χ0v) is 7.17. The Labute approximate surface area is 67.5 Å². The summed E-state index contributed by atoms with van der Waals surface area (Å²) >= 11 is 0. The fourth-order valence-corrected chi connectivity index (χ4v) is 1.38. The molecule has 3 heteroatoms. The summed E-state index contributed by atoms with van der Waals surface area (Å²) in [6.45, 7) is 3.10. The first-order chi connectivity index (χ1) is 5.27. The van der Waals surface area contributed by atoms with Gasteiger partial charge in [-0.25, -0.2) is 0 Å². The van der Waals surface area contributed by atoms with E-state index < -0.39 is 0 Å². The highest BCUT2D eigenvalue weighted by atomic mass is 15.3. The van der Waals surface area contributed by atoms with E-state index in [-0.39, 0.29) is 0 Å². The van der Waals surface area contributed by atoms with Crippen LogP contribution in [-0.2, 0) is 0 Å². The van der Waals surface area contributed by atoms with Gasteiger partial charge in [0.1, 0.15) is 0 Å². The van der Waals surface area contributed by atoms with E-state index in [9.17, 15) is 0 Å². The first-order valence-corrected chi connectivity index (χ1v) is 4.31. The van der Waals surface area contributed by atoms with Crippen LogP contribution in [0.15, 0.2) is 4.99 Å².